The van der Waals surface area contributed by atoms with Gasteiger partial charge >= 0.3 is 0 Å². The summed E-state index contributed by atoms with van der Waals surface area (Å²) in [7, 11) is 0. The molecule has 31 heavy (non-hydrogen) atoms. The van der Waals surface area contributed by atoms with Gasteiger partial charge in [0.15, 0.2) is 0 Å². The molecule has 3 aromatic heterocycles. The lowest BCUT2D eigenvalue weighted by molar-refractivity contribution is 0.0952. The van der Waals surface area contributed by atoms with E-state index in [0.29, 0.717) is 24.6 Å². The molecule has 0 spiro atoms. The number of hydrogen-bond acceptors (Lipinski definition) is 4. The molecule has 1 N–H and O–H groups in total. The van der Waals surface area contributed by atoms with Gasteiger partial charge in [0.25, 0.3) is 5.91 Å². The van der Waals surface area contributed by atoms with Crippen LogP contribution in [0.5, 0.6) is 0 Å². The van der Waals surface area contributed by atoms with Crippen molar-refractivity contribution in [2.24, 2.45) is 0 Å². The molecule has 3 heterocycles. The van der Waals surface area contributed by atoms with E-state index in [1.54, 1.807) is 23.9 Å². The number of furan rings is 1. The molecule has 0 aliphatic rings. The highest BCUT2D eigenvalue weighted by atomic mass is 16.4. The zero-order valence-electron chi connectivity index (χ0n) is 17.7. The second kappa shape index (κ2) is 8.36. The summed E-state index contributed by atoms with van der Waals surface area (Å²) in [6, 6.07) is 15.9. The Kier molecular flexibility index (Phi) is 5.46. The Morgan fingerprint density at radius 3 is 2.48 bits per heavy atom. The fraction of sp³-hybridized carbons (Fsp3) is 0.208. The number of nitrogens with one attached hydrogen (secondary N) is 1. The van der Waals surface area contributed by atoms with Gasteiger partial charge in [-0.25, -0.2) is 4.68 Å². The molecule has 156 valence electrons. The molecule has 4 aromatic rings. The average Bonchev–Trinajstić information content (AvgIpc) is 3.47. The van der Waals surface area contributed by atoms with Crippen LogP contribution in [0.15, 0.2) is 59.3 Å². The van der Waals surface area contributed by atoms with E-state index in [0.717, 1.165) is 22.6 Å². The molecule has 0 saturated carbocycles. The third kappa shape index (κ3) is 4.01. The predicted octanol–water partition coefficient (Wildman–Crippen LogP) is 4.03. The second-order valence-corrected chi connectivity index (χ2v) is 7.43. The Hall–Kier alpha value is -4.05. The molecule has 0 atom stereocenters. The summed E-state index contributed by atoms with van der Waals surface area (Å²) in [4.78, 5) is 12.8. The topological polar surface area (TPSA) is 88.8 Å². The van der Waals surface area contributed by atoms with Gasteiger partial charge in [0.05, 0.1) is 11.4 Å². The van der Waals surface area contributed by atoms with Gasteiger partial charge in [0, 0.05) is 24.6 Å². The van der Waals surface area contributed by atoms with Crippen LogP contribution in [0.2, 0.25) is 0 Å². The highest BCUT2D eigenvalue weighted by Crippen LogP contribution is 2.25. The van der Waals surface area contributed by atoms with E-state index >= 15 is 0 Å². The van der Waals surface area contributed by atoms with Crippen LogP contribution in [0.4, 0.5) is 0 Å². The van der Waals surface area contributed by atoms with Gasteiger partial charge in [0.2, 0.25) is 5.88 Å². The van der Waals surface area contributed by atoms with E-state index in [-0.39, 0.29) is 17.0 Å². The zero-order valence-corrected chi connectivity index (χ0v) is 17.7. The standard InChI is InChI=1S/C24H23N5O2/c1-16-14-17(2)29(27-16)20-8-6-19(7-9-20)10-11-26-23(30)22-18(3)31-24(21(22)15-25)28-12-4-5-13-28/h4-9,12-14H,10-11H2,1-3H3,(H,26,30). The van der Waals surface area contributed by atoms with Crippen molar-refractivity contribution in [3.05, 3.63) is 88.7 Å². The van der Waals surface area contributed by atoms with Crippen LogP contribution in [0.3, 0.4) is 0 Å². The fourth-order valence-corrected chi connectivity index (χ4v) is 3.66. The van der Waals surface area contributed by atoms with Crippen molar-refractivity contribution < 1.29 is 9.21 Å². The summed E-state index contributed by atoms with van der Waals surface area (Å²) in [5.41, 5.74) is 4.69. The van der Waals surface area contributed by atoms with Gasteiger partial charge in [0.1, 0.15) is 23.0 Å². The van der Waals surface area contributed by atoms with Crippen molar-refractivity contribution in [1.82, 2.24) is 19.7 Å². The number of aryl methyl sites for hydroxylation is 3. The van der Waals surface area contributed by atoms with Crippen LogP contribution in [0, 0.1) is 32.1 Å². The fourth-order valence-electron chi connectivity index (χ4n) is 3.66. The van der Waals surface area contributed by atoms with E-state index in [9.17, 15) is 10.1 Å². The largest absolute Gasteiger partial charge is 0.443 e. The monoisotopic (exact) mass is 413 g/mol. The average molecular weight is 413 g/mol. The number of rotatable bonds is 6. The second-order valence-electron chi connectivity index (χ2n) is 7.43. The molecule has 7 heteroatoms. The lowest BCUT2D eigenvalue weighted by atomic mass is 10.1. The van der Waals surface area contributed by atoms with Crippen LogP contribution in [0.25, 0.3) is 11.6 Å². The number of carbonyl (C=O) groups excluding carboxylic acids is 1. The molecule has 0 bridgehead atoms. The summed E-state index contributed by atoms with van der Waals surface area (Å²) in [6.45, 7) is 6.15. The molecular formula is C24H23N5O2. The minimum Gasteiger partial charge on any atom is -0.443 e. The Balaban J connectivity index is 1.42. The summed E-state index contributed by atoms with van der Waals surface area (Å²) < 4.78 is 9.30. The third-order valence-corrected chi connectivity index (χ3v) is 5.13. The number of carbonyl (C=O) groups is 1. The van der Waals surface area contributed by atoms with E-state index < -0.39 is 0 Å². The van der Waals surface area contributed by atoms with Crippen LogP contribution in [-0.2, 0) is 6.42 Å². The lowest BCUT2D eigenvalue weighted by Crippen LogP contribution is -2.26. The summed E-state index contributed by atoms with van der Waals surface area (Å²) in [5.74, 6) is 0.470. The van der Waals surface area contributed by atoms with E-state index in [1.165, 1.54) is 0 Å². The van der Waals surface area contributed by atoms with Gasteiger partial charge < -0.3 is 9.73 Å². The predicted molar refractivity (Wildman–Crippen MR) is 117 cm³/mol. The number of benzene rings is 1. The van der Waals surface area contributed by atoms with E-state index in [1.807, 2.05) is 61.0 Å². The molecule has 1 aromatic carbocycles. The summed E-state index contributed by atoms with van der Waals surface area (Å²) in [6.07, 6.45) is 4.22. The van der Waals surface area contributed by atoms with Crippen LogP contribution < -0.4 is 5.32 Å². The zero-order chi connectivity index (χ0) is 22.0. The van der Waals surface area contributed by atoms with E-state index in [4.69, 9.17) is 4.42 Å². The van der Waals surface area contributed by atoms with Gasteiger partial charge in [-0.15, -0.1) is 0 Å². The van der Waals surface area contributed by atoms with Gasteiger partial charge in [-0.2, -0.15) is 10.4 Å². The summed E-state index contributed by atoms with van der Waals surface area (Å²) in [5, 5.41) is 17.0. The molecule has 0 saturated heterocycles. The number of nitrogens with zero attached hydrogens (tertiary/aromatic N) is 4. The number of hydrogen-bond donors (Lipinski definition) is 1. The van der Waals surface area contributed by atoms with Gasteiger partial charge in [-0.1, -0.05) is 12.1 Å². The highest BCUT2D eigenvalue weighted by molar-refractivity contribution is 5.98. The van der Waals surface area contributed by atoms with Gasteiger partial charge in [-0.3, -0.25) is 9.36 Å². The number of aromatic nitrogens is 3. The van der Waals surface area contributed by atoms with Crippen molar-refractivity contribution in [2.45, 2.75) is 27.2 Å². The smallest absolute Gasteiger partial charge is 0.256 e. The first-order valence-electron chi connectivity index (χ1n) is 10.1. The normalized spacial score (nSPS) is 10.8. The van der Waals surface area contributed by atoms with Crippen LogP contribution in [-0.4, -0.2) is 26.8 Å². The Bertz CT molecular complexity index is 1250. The molecule has 0 aliphatic carbocycles. The number of amides is 1. The van der Waals surface area contributed by atoms with Crippen molar-refractivity contribution in [1.29, 1.82) is 5.26 Å². The molecule has 0 unspecified atom stereocenters. The quantitative estimate of drug-likeness (QED) is 0.517. The minimum absolute atomic E-state index is 0.237. The summed E-state index contributed by atoms with van der Waals surface area (Å²) >= 11 is 0. The molecule has 1 amide bonds. The molecule has 4 rings (SSSR count). The number of nitriles is 1. The third-order valence-electron chi connectivity index (χ3n) is 5.13. The Morgan fingerprint density at radius 2 is 1.87 bits per heavy atom. The first-order chi connectivity index (χ1) is 15.0. The molecule has 7 nitrogen and oxygen atoms in total. The van der Waals surface area contributed by atoms with Gasteiger partial charge in [-0.05, 0) is 63.1 Å². The molecule has 0 aliphatic heterocycles. The minimum atomic E-state index is -0.310. The van der Waals surface area contributed by atoms with Crippen molar-refractivity contribution in [3.63, 3.8) is 0 Å². The van der Waals surface area contributed by atoms with Crippen LogP contribution >= 0.6 is 0 Å². The van der Waals surface area contributed by atoms with Crippen LogP contribution in [0.1, 0.15) is 38.6 Å². The maximum absolute atomic E-state index is 12.8. The Morgan fingerprint density at radius 1 is 1.16 bits per heavy atom. The maximum Gasteiger partial charge on any atom is 0.256 e. The first-order valence-corrected chi connectivity index (χ1v) is 10.1. The first kappa shape index (κ1) is 20.2. The molecule has 0 radical (unpaired) electrons. The maximum atomic E-state index is 12.8. The highest BCUT2D eigenvalue weighted by Gasteiger charge is 2.24. The van der Waals surface area contributed by atoms with E-state index in [2.05, 4.69) is 16.5 Å². The molecular weight excluding hydrogens is 390 g/mol. The molecule has 0 fully saturated rings. The lowest BCUT2D eigenvalue weighted by Gasteiger charge is -2.08. The van der Waals surface area contributed by atoms with Crippen molar-refractivity contribution in [2.75, 3.05) is 6.54 Å². The van der Waals surface area contributed by atoms with Crippen molar-refractivity contribution in [3.8, 4) is 17.6 Å². The SMILES string of the molecule is Cc1cc(C)n(-c2ccc(CCNC(=O)c3c(C)oc(-n4cccc4)c3C#N)cc2)n1. The van der Waals surface area contributed by atoms with Crippen molar-refractivity contribution >= 4 is 5.91 Å². The Labute approximate surface area is 180 Å².